The van der Waals surface area contributed by atoms with Crippen LogP contribution >= 0.6 is 0 Å². The number of nitrogens with zero attached hydrogens (tertiary/aromatic N) is 2. The number of nitrogens with two attached hydrogens (primary N) is 2. The number of hydrogen-bond acceptors (Lipinski definition) is 4. The highest BCUT2D eigenvalue weighted by atomic mass is 15.1. The molecule has 0 saturated carbocycles. The first-order valence-corrected chi connectivity index (χ1v) is 9.54. The summed E-state index contributed by atoms with van der Waals surface area (Å²) in [6, 6.07) is 1.84. The SMILES string of the molecule is C=C/C=C(\C=C1/CC=C(C=C)CC1C(N)(C#N)C(C)N)N(CC=C)CCC. The lowest BCUT2D eigenvalue weighted by atomic mass is 9.69. The molecule has 0 bridgehead atoms. The molecule has 0 saturated heterocycles. The molecule has 1 rings (SSSR count). The van der Waals surface area contributed by atoms with Crippen molar-refractivity contribution in [2.75, 3.05) is 13.1 Å². The second-order valence-electron chi connectivity index (χ2n) is 7.06. The van der Waals surface area contributed by atoms with Crippen LogP contribution in [0.2, 0.25) is 0 Å². The fourth-order valence-electron chi connectivity index (χ4n) is 3.45. The summed E-state index contributed by atoms with van der Waals surface area (Å²) in [5.74, 6) is -0.166. The first-order valence-electron chi connectivity index (χ1n) is 9.54. The molecule has 146 valence electrons. The average molecular weight is 367 g/mol. The average Bonchev–Trinajstić information content (AvgIpc) is 2.66. The van der Waals surface area contributed by atoms with E-state index in [-0.39, 0.29) is 5.92 Å². The van der Waals surface area contributed by atoms with E-state index < -0.39 is 11.6 Å². The standard InChI is InChI=1S/C23H34N4/c1-6-10-21(27(13-7-2)14-8-3)16-20-12-11-19(9-4)15-22(20)23(26,17-24)18(5)25/h6-7,9-11,16,18,22H,1-2,4,8,12-15,25-26H2,3,5H3/b20-16+,21-10+. The molecule has 3 unspecified atom stereocenters. The zero-order valence-electron chi connectivity index (χ0n) is 16.8. The van der Waals surface area contributed by atoms with Crippen LogP contribution in [0, 0.1) is 17.2 Å². The van der Waals surface area contributed by atoms with Crippen LogP contribution in [0.15, 0.2) is 73.0 Å². The Morgan fingerprint density at radius 3 is 2.67 bits per heavy atom. The summed E-state index contributed by atoms with van der Waals surface area (Å²) >= 11 is 0. The monoisotopic (exact) mass is 366 g/mol. The van der Waals surface area contributed by atoms with Gasteiger partial charge in [0.15, 0.2) is 0 Å². The third kappa shape index (κ3) is 5.56. The van der Waals surface area contributed by atoms with E-state index in [1.807, 2.05) is 18.2 Å². The molecule has 0 amide bonds. The molecule has 0 aliphatic heterocycles. The van der Waals surface area contributed by atoms with Gasteiger partial charge in [-0.1, -0.05) is 55.5 Å². The highest BCUT2D eigenvalue weighted by Crippen LogP contribution is 2.38. The van der Waals surface area contributed by atoms with Crippen LogP contribution in [0.1, 0.15) is 33.1 Å². The summed E-state index contributed by atoms with van der Waals surface area (Å²) in [7, 11) is 0. The molecular weight excluding hydrogens is 332 g/mol. The minimum atomic E-state index is -1.14. The van der Waals surface area contributed by atoms with Crippen LogP contribution in [0.25, 0.3) is 0 Å². The van der Waals surface area contributed by atoms with Crippen molar-refractivity contribution >= 4 is 0 Å². The van der Waals surface area contributed by atoms with E-state index in [9.17, 15) is 5.26 Å². The van der Waals surface area contributed by atoms with Gasteiger partial charge in [0.1, 0.15) is 5.54 Å². The summed E-state index contributed by atoms with van der Waals surface area (Å²) < 4.78 is 0. The predicted octanol–water partition coefficient (Wildman–Crippen LogP) is 3.97. The molecule has 4 heteroatoms. The Balaban J connectivity index is 3.45. The topological polar surface area (TPSA) is 79.1 Å². The molecule has 27 heavy (non-hydrogen) atoms. The Labute approximate surface area is 164 Å². The first-order chi connectivity index (χ1) is 12.9. The van der Waals surface area contributed by atoms with Crippen LogP contribution in [-0.2, 0) is 0 Å². The van der Waals surface area contributed by atoms with E-state index in [0.717, 1.165) is 42.8 Å². The number of allylic oxidation sites excluding steroid dienone is 6. The van der Waals surface area contributed by atoms with Gasteiger partial charge in [0.2, 0.25) is 0 Å². The van der Waals surface area contributed by atoms with Crippen molar-refractivity contribution in [3.63, 3.8) is 0 Å². The van der Waals surface area contributed by atoms with E-state index >= 15 is 0 Å². The normalized spacial score (nSPS) is 22.2. The zero-order chi connectivity index (χ0) is 20.4. The van der Waals surface area contributed by atoms with Gasteiger partial charge in [-0.3, -0.25) is 0 Å². The van der Waals surface area contributed by atoms with E-state index in [1.165, 1.54) is 0 Å². The first kappa shape index (κ1) is 22.7. The van der Waals surface area contributed by atoms with Crippen LogP contribution in [-0.4, -0.2) is 29.6 Å². The van der Waals surface area contributed by atoms with E-state index in [1.54, 1.807) is 13.0 Å². The minimum Gasteiger partial charge on any atom is -0.368 e. The Morgan fingerprint density at radius 1 is 1.48 bits per heavy atom. The quantitative estimate of drug-likeness (QED) is 0.453. The molecular formula is C23H34N4. The van der Waals surface area contributed by atoms with Gasteiger partial charge in [0, 0.05) is 30.7 Å². The van der Waals surface area contributed by atoms with E-state index in [0.29, 0.717) is 6.42 Å². The predicted molar refractivity (Wildman–Crippen MR) is 116 cm³/mol. The van der Waals surface area contributed by atoms with E-state index in [4.69, 9.17) is 11.5 Å². The molecule has 0 fully saturated rings. The molecule has 1 aliphatic carbocycles. The Morgan fingerprint density at radius 2 is 2.19 bits per heavy atom. The molecule has 3 atom stereocenters. The third-order valence-electron chi connectivity index (χ3n) is 5.10. The molecule has 0 aromatic rings. The van der Waals surface area contributed by atoms with Crippen LogP contribution in [0.4, 0.5) is 0 Å². The summed E-state index contributed by atoms with van der Waals surface area (Å²) in [5, 5.41) is 9.82. The van der Waals surface area contributed by atoms with Crippen molar-refractivity contribution in [3.8, 4) is 6.07 Å². The van der Waals surface area contributed by atoms with Gasteiger partial charge in [0.25, 0.3) is 0 Å². The molecule has 0 heterocycles. The molecule has 0 radical (unpaired) electrons. The Kier molecular flexibility index (Phi) is 9.00. The summed E-state index contributed by atoms with van der Waals surface area (Å²) in [6.07, 6.45) is 14.2. The summed E-state index contributed by atoms with van der Waals surface area (Å²) in [5.41, 5.74) is 14.8. The van der Waals surface area contributed by atoms with Crippen LogP contribution in [0.5, 0.6) is 0 Å². The van der Waals surface area contributed by atoms with Crippen LogP contribution < -0.4 is 11.5 Å². The number of nitriles is 1. The van der Waals surface area contributed by atoms with Gasteiger partial charge in [-0.25, -0.2) is 0 Å². The minimum absolute atomic E-state index is 0.166. The van der Waals surface area contributed by atoms with Crippen molar-refractivity contribution in [1.29, 1.82) is 5.26 Å². The summed E-state index contributed by atoms with van der Waals surface area (Å²) in [6.45, 7) is 17.2. The molecule has 0 spiro atoms. The molecule has 0 aromatic heterocycles. The van der Waals surface area contributed by atoms with Crippen molar-refractivity contribution in [3.05, 3.63) is 73.0 Å². The van der Waals surface area contributed by atoms with Crippen molar-refractivity contribution in [2.24, 2.45) is 17.4 Å². The van der Waals surface area contributed by atoms with Crippen molar-refractivity contribution < 1.29 is 0 Å². The number of rotatable bonds is 10. The Bertz CT molecular complexity index is 675. The largest absolute Gasteiger partial charge is 0.368 e. The molecule has 0 aromatic carbocycles. The lowest BCUT2D eigenvalue weighted by molar-refractivity contribution is 0.325. The van der Waals surface area contributed by atoms with E-state index in [2.05, 4.69) is 49.8 Å². The lowest BCUT2D eigenvalue weighted by Crippen LogP contribution is -2.58. The smallest absolute Gasteiger partial charge is 0.126 e. The third-order valence-corrected chi connectivity index (χ3v) is 5.10. The maximum absolute atomic E-state index is 9.82. The molecule has 1 aliphatic rings. The van der Waals surface area contributed by atoms with Gasteiger partial charge in [-0.2, -0.15) is 5.26 Å². The second kappa shape index (κ2) is 10.7. The summed E-state index contributed by atoms with van der Waals surface area (Å²) in [4.78, 5) is 2.25. The zero-order valence-corrected chi connectivity index (χ0v) is 16.8. The maximum Gasteiger partial charge on any atom is 0.126 e. The van der Waals surface area contributed by atoms with Gasteiger partial charge in [0.05, 0.1) is 6.07 Å². The van der Waals surface area contributed by atoms with Gasteiger partial charge >= 0.3 is 0 Å². The number of hydrogen-bond donors (Lipinski definition) is 2. The lowest BCUT2D eigenvalue weighted by Gasteiger charge is -2.39. The van der Waals surface area contributed by atoms with Gasteiger partial charge < -0.3 is 16.4 Å². The molecule has 4 nitrogen and oxygen atoms in total. The fourth-order valence-corrected chi connectivity index (χ4v) is 3.45. The van der Waals surface area contributed by atoms with Crippen molar-refractivity contribution in [1.82, 2.24) is 4.90 Å². The fraction of sp³-hybridized carbons (Fsp3) is 0.435. The highest BCUT2D eigenvalue weighted by Gasteiger charge is 2.42. The van der Waals surface area contributed by atoms with Gasteiger partial charge in [-0.05, 0) is 38.3 Å². The molecule has 4 N–H and O–H groups in total. The Hall–Kier alpha value is -2.35. The maximum atomic E-state index is 9.82. The van der Waals surface area contributed by atoms with Crippen molar-refractivity contribution in [2.45, 2.75) is 44.7 Å². The van der Waals surface area contributed by atoms with Crippen LogP contribution in [0.3, 0.4) is 0 Å². The second-order valence-corrected chi connectivity index (χ2v) is 7.06. The highest BCUT2D eigenvalue weighted by molar-refractivity contribution is 5.39. The van der Waals surface area contributed by atoms with Gasteiger partial charge in [-0.15, -0.1) is 6.58 Å².